The van der Waals surface area contributed by atoms with E-state index in [-0.39, 0.29) is 11.9 Å². The van der Waals surface area contributed by atoms with Gasteiger partial charge in [0.1, 0.15) is 12.4 Å². The van der Waals surface area contributed by atoms with Gasteiger partial charge < -0.3 is 10.1 Å². The SMILES string of the molecule is CN1CCCCC1C(=O)Nc1cccc(OCCn2cccn2)c1. The van der Waals surface area contributed by atoms with Crippen molar-refractivity contribution in [1.82, 2.24) is 14.7 Å². The molecule has 2 aromatic rings. The molecule has 1 aliphatic heterocycles. The molecule has 1 aromatic carbocycles. The number of anilines is 1. The summed E-state index contributed by atoms with van der Waals surface area (Å²) in [6, 6.07) is 9.39. The lowest BCUT2D eigenvalue weighted by Crippen LogP contribution is -2.44. The fourth-order valence-electron chi connectivity index (χ4n) is 2.99. The third kappa shape index (κ3) is 4.35. The van der Waals surface area contributed by atoms with Crippen molar-refractivity contribution in [3.63, 3.8) is 0 Å². The number of likely N-dealkylation sites (N-methyl/N-ethyl adjacent to an activating group) is 1. The van der Waals surface area contributed by atoms with Gasteiger partial charge in [0, 0.05) is 24.1 Å². The van der Waals surface area contributed by atoms with Crippen LogP contribution in [0.1, 0.15) is 19.3 Å². The topological polar surface area (TPSA) is 59.4 Å². The van der Waals surface area contributed by atoms with Crippen LogP contribution >= 0.6 is 0 Å². The highest BCUT2D eigenvalue weighted by Crippen LogP contribution is 2.20. The first kappa shape index (κ1) is 16.5. The molecule has 2 heterocycles. The summed E-state index contributed by atoms with van der Waals surface area (Å²) < 4.78 is 7.57. The van der Waals surface area contributed by atoms with Crippen molar-refractivity contribution in [2.45, 2.75) is 31.8 Å². The molecule has 6 nitrogen and oxygen atoms in total. The largest absolute Gasteiger partial charge is 0.492 e. The fraction of sp³-hybridized carbons (Fsp3) is 0.444. The van der Waals surface area contributed by atoms with Gasteiger partial charge in [0.25, 0.3) is 0 Å². The molecule has 0 aliphatic carbocycles. The third-order valence-corrected chi connectivity index (χ3v) is 4.32. The zero-order chi connectivity index (χ0) is 16.8. The van der Waals surface area contributed by atoms with E-state index in [2.05, 4.69) is 15.3 Å². The van der Waals surface area contributed by atoms with E-state index in [9.17, 15) is 4.79 Å². The number of hydrogen-bond donors (Lipinski definition) is 1. The number of nitrogens with zero attached hydrogens (tertiary/aromatic N) is 3. The standard InChI is InChI=1S/C18H24N4O2/c1-21-10-3-2-8-17(21)18(23)20-15-6-4-7-16(14-15)24-13-12-22-11-5-9-19-22/h4-7,9,11,14,17H,2-3,8,10,12-13H2,1H3,(H,20,23). The molecule has 0 bridgehead atoms. The van der Waals surface area contributed by atoms with Crippen LogP contribution < -0.4 is 10.1 Å². The molecule has 128 valence electrons. The minimum Gasteiger partial charge on any atom is -0.492 e. The number of nitrogens with one attached hydrogen (secondary N) is 1. The van der Waals surface area contributed by atoms with E-state index in [1.807, 2.05) is 48.3 Å². The van der Waals surface area contributed by atoms with Crippen LogP contribution in [0.3, 0.4) is 0 Å². The quantitative estimate of drug-likeness (QED) is 0.884. The molecule has 1 saturated heterocycles. The predicted octanol–water partition coefficient (Wildman–Crippen LogP) is 2.38. The average molecular weight is 328 g/mol. The van der Waals surface area contributed by atoms with Crippen LogP contribution in [0.25, 0.3) is 0 Å². The molecule has 0 spiro atoms. The van der Waals surface area contributed by atoms with Gasteiger partial charge in [-0.1, -0.05) is 12.5 Å². The second-order valence-corrected chi connectivity index (χ2v) is 6.13. The van der Waals surface area contributed by atoms with E-state index in [1.54, 1.807) is 6.20 Å². The van der Waals surface area contributed by atoms with Crippen molar-refractivity contribution in [3.8, 4) is 5.75 Å². The summed E-state index contributed by atoms with van der Waals surface area (Å²) >= 11 is 0. The van der Waals surface area contributed by atoms with E-state index in [0.717, 1.165) is 30.8 Å². The Hall–Kier alpha value is -2.34. The number of rotatable bonds is 6. The Morgan fingerprint density at radius 1 is 1.38 bits per heavy atom. The number of carbonyl (C=O) groups is 1. The van der Waals surface area contributed by atoms with Crippen LogP contribution in [-0.4, -0.2) is 46.8 Å². The molecule has 1 fully saturated rings. The van der Waals surface area contributed by atoms with Crippen LogP contribution in [-0.2, 0) is 11.3 Å². The summed E-state index contributed by atoms with van der Waals surface area (Å²) in [5.74, 6) is 0.808. The predicted molar refractivity (Wildman–Crippen MR) is 93.1 cm³/mol. The Balaban J connectivity index is 1.53. The molecular weight excluding hydrogens is 304 g/mol. The number of carbonyl (C=O) groups excluding carboxylic acids is 1. The van der Waals surface area contributed by atoms with E-state index in [0.29, 0.717) is 13.2 Å². The highest BCUT2D eigenvalue weighted by molar-refractivity contribution is 5.95. The number of likely N-dealkylation sites (tertiary alicyclic amines) is 1. The number of ether oxygens (including phenoxy) is 1. The second kappa shape index (κ2) is 7.97. The maximum absolute atomic E-state index is 12.5. The lowest BCUT2D eigenvalue weighted by Gasteiger charge is -2.31. The molecule has 0 radical (unpaired) electrons. The van der Waals surface area contributed by atoms with Crippen LogP contribution in [0.15, 0.2) is 42.7 Å². The minimum atomic E-state index is -0.0388. The normalized spacial score (nSPS) is 18.3. The number of piperidine rings is 1. The van der Waals surface area contributed by atoms with Crippen molar-refractivity contribution >= 4 is 11.6 Å². The summed E-state index contributed by atoms with van der Waals surface area (Å²) in [6.45, 7) is 2.20. The molecule has 24 heavy (non-hydrogen) atoms. The van der Waals surface area contributed by atoms with E-state index in [1.165, 1.54) is 6.42 Å². The second-order valence-electron chi connectivity index (χ2n) is 6.13. The summed E-state index contributed by atoms with van der Waals surface area (Å²) in [6.07, 6.45) is 6.85. The number of hydrogen-bond acceptors (Lipinski definition) is 4. The van der Waals surface area contributed by atoms with Gasteiger partial charge in [-0.3, -0.25) is 14.4 Å². The minimum absolute atomic E-state index is 0.0388. The fourth-order valence-corrected chi connectivity index (χ4v) is 2.99. The molecule has 1 aliphatic rings. The van der Waals surface area contributed by atoms with Crippen LogP contribution in [0, 0.1) is 0 Å². The van der Waals surface area contributed by atoms with E-state index in [4.69, 9.17) is 4.74 Å². The van der Waals surface area contributed by atoms with E-state index < -0.39 is 0 Å². The molecule has 6 heteroatoms. The third-order valence-electron chi connectivity index (χ3n) is 4.32. The Morgan fingerprint density at radius 2 is 2.29 bits per heavy atom. The molecule has 3 rings (SSSR count). The van der Waals surface area contributed by atoms with Crippen molar-refractivity contribution < 1.29 is 9.53 Å². The van der Waals surface area contributed by atoms with Crippen molar-refractivity contribution in [2.24, 2.45) is 0 Å². The van der Waals surface area contributed by atoms with Crippen LogP contribution in [0.4, 0.5) is 5.69 Å². The summed E-state index contributed by atoms with van der Waals surface area (Å²) in [5.41, 5.74) is 0.774. The Kier molecular flexibility index (Phi) is 5.48. The highest BCUT2D eigenvalue weighted by Gasteiger charge is 2.25. The first-order chi connectivity index (χ1) is 11.7. The number of amides is 1. The average Bonchev–Trinajstić information content (AvgIpc) is 3.09. The monoisotopic (exact) mass is 328 g/mol. The van der Waals surface area contributed by atoms with Gasteiger partial charge in [-0.25, -0.2) is 0 Å². The van der Waals surface area contributed by atoms with Gasteiger partial charge in [0.15, 0.2) is 0 Å². The van der Waals surface area contributed by atoms with Gasteiger partial charge in [0.05, 0.1) is 12.6 Å². The van der Waals surface area contributed by atoms with Gasteiger partial charge in [-0.2, -0.15) is 5.10 Å². The Morgan fingerprint density at radius 3 is 3.08 bits per heavy atom. The van der Waals surface area contributed by atoms with Gasteiger partial charge in [-0.15, -0.1) is 0 Å². The molecule has 1 N–H and O–H groups in total. The Labute approximate surface area is 142 Å². The highest BCUT2D eigenvalue weighted by atomic mass is 16.5. The van der Waals surface area contributed by atoms with Gasteiger partial charge in [-0.05, 0) is 44.6 Å². The molecule has 1 unspecified atom stereocenters. The number of benzene rings is 1. The van der Waals surface area contributed by atoms with Crippen molar-refractivity contribution in [1.29, 1.82) is 0 Å². The zero-order valence-electron chi connectivity index (χ0n) is 14.0. The van der Waals surface area contributed by atoms with Crippen molar-refractivity contribution in [3.05, 3.63) is 42.7 Å². The Bertz CT molecular complexity index is 657. The van der Waals surface area contributed by atoms with Gasteiger partial charge >= 0.3 is 0 Å². The number of aromatic nitrogens is 2. The molecule has 1 aromatic heterocycles. The van der Waals surface area contributed by atoms with Gasteiger partial charge in [0.2, 0.25) is 5.91 Å². The van der Waals surface area contributed by atoms with E-state index >= 15 is 0 Å². The van der Waals surface area contributed by atoms with Crippen LogP contribution in [0.5, 0.6) is 5.75 Å². The van der Waals surface area contributed by atoms with Crippen LogP contribution in [0.2, 0.25) is 0 Å². The molecule has 1 atom stereocenters. The zero-order valence-corrected chi connectivity index (χ0v) is 14.0. The van der Waals surface area contributed by atoms with Crippen molar-refractivity contribution in [2.75, 3.05) is 25.5 Å². The molecular formula is C18H24N4O2. The maximum atomic E-state index is 12.5. The maximum Gasteiger partial charge on any atom is 0.241 e. The first-order valence-electron chi connectivity index (χ1n) is 8.44. The first-order valence-corrected chi connectivity index (χ1v) is 8.44. The lowest BCUT2D eigenvalue weighted by molar-refractivity contribution is -0.121. The summed E-state index contributed by atoms with van der Waals surface area (Å²) in [7, 11) is 2.01. The summed E-state index contributed by atoms with van der Waals surface area (Å²) in [5, 5.41) is 7.15. The smallest absolute Gasteiger partial charge is 0.241 e. The lowest BCUT2D eigenvalue weighted by atomic mass is 10.0. The summed E-state index contributed by atoms with van der Waals surface area (Å²) in [4.78, 5) is 14.6. The molecule has 0 saturated carbocycles. The molecule has 1 amide bonds.